The number of furan rings is 1. The van der Waals surface area contributed by atoms with E-state index in [1.54, 1.807) is 9.65 Å². The molecular formula is C38H46BrF3O5Sn. The van der Waals surface area contributed by atoms with Crippen LogP contribution in [0.5, 0.6) is 5.75 Å². The average Bonchev–Trinajstić information content (AvgIpc) is 3.74. The van der Waals surface area contributed by atoms with E-state index in [4.69, 9.17) is 13.9 Å². The molecule has 0 spiro atoms. The quantitative estimate of drug-likeness (QED) is 0.232. The van der Waals surface area contributed by atoms with Gasteiger partial charge in [0.05, 0.1) is 18.9 Å². The normalized spacial score (nSPS) is 19.8. The van der Waals surface area contributed by atoms with E-state index < -0.39 is 42.0 Å². The number of halogens is 4. The zero-order valence-electron chi connectivity index (χ0n) is 29.1. The van der Waals surface area contributed by atoms with Gasteiger partial charge < -0.3 is 13.9 Å². The molecule has 10 heteroatoms. The summed E-state index contributed by atoms with van der Waals surface area (Å²) in [5.74, 6) is 1.09. The van der Waals surface area contributed by atoms with Crippen molar-refractivity contribution in [2.75, 3.05) is 14.2 Å². The van der Waals surface area contributed by atoms with Gasteiger partial charge in [-0.05, 0) is 33.6 Å². The molecule has 1 saturated carbocycles. The molecule has 0 saturated heterocycles. The third-order valence-electron chi connectivity index (χ3n) is 10.2. The second kappa shape index (κ2) is 14.3. The first-order valence-electron chi connectivity index (χ1n) is 16.8. The van der Waals surface area contributed by atoms with Crippen LogP contribution >= 0.6 is 15.9 Å². The van der Waals surface area contributed by atoms with Crippen molar-refractivity contribution in [1.82, 2.24) is 0 Å². The molecule has 5 nitrogen and oxygen atoms in total. The Balaban J connectivity index is 0.000000188. The molecule has 0 radical (unpaired) electrons. The molecule has 48 heavy (non-hydrogen) atoms. The number of Topliss-reactive ketones (excluding diaryl/α,β-unsaturated/α-hetero) is 2. The second-order valence-electron chi connectivity index (χ2n) is 14.7. The minimum atomic E-state index is -4.72. The SMILES string of the molecule is COc1c(-c2ccco2)c2c(c(Br)c1C(F)(F)F)C(=O)C(OC)C2.Cc1cc(C2CCCCC2)c2c([c]1[Sn]([CH3])([CH3])[CH3])CC(C(C)C)C2=O. The van der Waals surface area contributed by atoms with E-state index in [0.717, 1.165) is 13.5 Å². The molecule has 3 aliphatic rings. The molecule has 2 atom stereocenters. The molecule has 1 fully saturated rings. The number of rotatable bonds is 6. The van der Waals surface area contributed by atoms with Crippen LogP contribution in [0.1, 0.15) is 100 Å². The van der Waals surface area contributed by atoms with Crippen LogP contribution in [0.4, 0.5) is 13.2 Å². The van der Waals surface area contributed by atoms with Gasteiger partial charge in [0.15, 0.2) is 5.78 Å². The predicted molar refractivity (Wildman–Crippen MR) is 189 cm³/mol. The number of aryl methyl sites for hydroxylation is 1. The summed E-state index contributed by atoms with van der Waals surface area (Å²) < 4.78 is 57.6. The summed E-state index contributed by atoms with van der Waals surface area (Å²) in [6, 6.07) is 5.52. The van der Waals surface area contributed by atoms with Crippen LogP contribution in [0, 0.1) is 18.8 Å². The van der Waals surface area contributed by atoms with Crippen molar-refractivity contribution in [2.24, 2.45) is 11.8 Å². The molecule has 0 bridgehead atoms. The predicted octanol–water partition coefficient (Wildman–Crippen LogP) is 10.1. The fourth-order valence-electron chi connectivity index (χ4n) is 8.20. The van der Waals surface area contributed by atoms with Crippen LogP contribution in [0.25, 0.3) is 11.3 Å². The van der Waals surface area contributed by atoms with Gasteiger partial charge in [-0.2, -0.15) is 13.2 Å². The van der Waals surface area contributed by atoms with Gasteiger partial charge >= 0.3 is 159 Å². The van der Waals surface area contributed by atoms with Crippen molar-refractivity contribution < 1.29 is 36.7 Å². The van der Waals surface area contributed by atoms with E-state index in [2.05, 4.69) is 57.6 Å². The maximum absolute atomic E-state index is 13.6. The number of fused-ring (bicyclic) bond motifs is 2. The Morgan fingerprint density at radius 1 is 0.958 bits per heavy atom. The molecule has 3 aliphatic carbocycles. The summed E-state index contributed by atoms with van der Waals surface area (Å²) in [6.45, 7) is 6.76. The van der Waals surface area contributed by atoms with E-state index in [-0.39, 0.29) is 39.4 Å². The number of ketones is 2. The number of hydrogen-bond acceptors (Lipinski definition) is 5. The fraction of sp³-hybridized carbons (Fsp3) is 0.526. The summed E-state index contributed by atoms with van der Waals surface area (Å²) in [5.41, 5.74) is 5.06. The van der Waals surface area contributed by atoms with Gasteiger partial charge in [0, 0.05) is 23.6 Å². The summed E-state index contributed by atoms with van der Waals surface area (Å²) in [5, 5.41) is 0. The van der Waals surface area contributed by atoms with Gasteiger partial charge in [-0.15, -0.1) is 0 Å². The third kappa shape index (κ3) is 6.81. The third-order valence-corrected chi connectivity index (χ3v) is 17.3. The van der Waals surface area contributed by atoms with Gasteiger partial charge in [0.25, 0.3) is 0 Å². The van der Waals surface area contributed by atoms with Crippen LogP contribution in [-0.4, -0.2) is 50.3 Å². The first-order valence-corrected chi connectivity index (χ1v) is 27.6. The van der Waals surface area contributed by atoms with Crippen molar-refractivity contribution >= 4 is 49.5 Å². The number of carbonyl (C=O) groups excluding carboxylic acids is 2. The molecule has 2 unspecified atom stereocenters. The number of alkyl halides is 3. The van der Waals surface area contributed by atoms with E-state index in [0.29, 0.717) is 23.2 Å². The molecule has 1 aromatic heterocycles. The number of carbonyl (C=O) groups is 2. The zero-order chi connectivity index (χ0) is 35.3. The summed E-state index contributed by atoms with van der Waals surface area (Å²) >= 11 is 0.697. The summed E-state index contributed by atoms with van der Waals surface area (Å²) in [4.78, 5) is 33.3. The fourth-order valence-corrected chi connectivity index (χ4v) is 15.9. The minimum absolute atomic E-state index is 0.0404. The van der Waals surface area contributed by atoms with E-state index >= 15 is 0 Å². The van der Waals surface area contributed by atoms with Crippen molar-refractivity contribution in [3.05, 3.63) is 67.9 Å². The monoisotopic (exact) mass is 838 g/mol. The Morgan fingerprint density at radius 2 is 1.62 bits per heavy atom. The van der Waals surface area contributed by atoms with E-state index in [9.17, 15) is 22.8 Å². The Bertz CT molecular complexity index is 1700. The Kier molecular flexibility index (Phi) is 11.0. The van der Waals surface area contributed by atoms with Gasteiger partial charge in [0.1, 0.15) is 23.2 Å². The van der Waals surface area contributed by atoms with E-state index in [1.807, 2.05) is 0 Å². The van der Waals surface area contributed by atoms with E-state index in [1.165, 1.54) is 73.8 Å². The number of hydrogen-bond donors (Lipinski definition) is 0. The Hall–Kier alpha value is -2.11. The number of benzene rings is 2. The number of ether oxygens (including phenoxy) is 2. The van der Waals surface area contributed by atoms with Crippen LogP contribution in [-0.2, 0) is 23.8 Å². The molecule has 1 heterocycles. The van der Waals surface area contributed by atoms with Gasteiger partial charge in [0.2, 0.25) is 0 Å². The average molecular weight is 838 g/mol. The zero-order valence-corrected chi connectivity index (χ0v) is 33.6. The van der Waals surface area contributed by atoms with Crippen LogP contribution < -0.4 is 8.32 Å². The van der Waals surface area contributed by atoms with Crippen LogP contribution in [0.2, 0.25) is 14.8 Å². The van der Waals surface area contributed by atoms with Gasteiger partial charge in [-0.25, -0.2) is 0 Å². The first kappa shape index (κ1) is 37.2. The molecule has 0 N–H and O–H groups in total. The van der Waals surface area contributed by atoms with Gasteiger partial charge in [-0.1, -0.05) is 0 Å². The van der Waals surface area contributed by atoms with Crippen molar-refractivity contribution in [1.29, 1.82) is 0 Å². The Labute approximate surface area is 294 Å². The second-order valence-corrected chi connectivity index (χ2v) is 29.8. The maximum atomic E-state index is 13.6. The van der Waals surface area contributed by atoms with Crippen molar-refractivity contribution in [2.45, 2.75) is 98.7 Å². The van der Waals surface area contributed by atoms with Crippen LogP contribution in [0.3, 0.4) is 0 Å². The molecule has 0 aliphatic heterocycles. The van der Waals surface area contributed by atoms with Gasteiger partial charge in [-0.3, -0.25) is 4.79 Å². The molecule has 2 aromatic carbocycles. The van der Waals surface area contributed by atoms with Crippen molar-refractivity contribution in [3.8, 4) is 17.1 Å². The molecule has 260 valence electrons. The standard InChI is InChI=1S/C19H25O.C16H12BrF3O4.3CH3.Sn/c1-12(2)16-11-15-9-13(3)10-17(18(15)19(16)20)14-7-5-4-6-8-14;1-22-9-6-7-10(8-4-3-5-24-8)15(23-2)12(16(18,19)20)13(17)11(7)14(9)21;;;;/h10,12,14,16H,4-8,11H2,1-3H3;3-5,9H,6H2,1-2H3;3*1H3;. The molecule has 6 rings (SSSR count). The van der Waals surface area contributed by atoms with Crippen LogP contribution in [0.15, 0.2) is 33.4 Å². The van der Waals surface area contributed by atoms with Crippen molar-refractivity contribution in [3.63, 3.8) is 0 Å². The number of methoxy groups -OCH3 is 2. The molecular weight excluding hydrogens is 792 g/mol. The molecule has 3 aromatic rings. The first-order chi connectivity index (χ1) is 22.5. The summed E-state index contributed by atoms with van der Waals surface area (Å²) in [6.07, 6.45) is 3.56. The molecule has 0 amide bonds. The Morgan fingerprint density at radius 3 is 2.15 bits per heavy atom. The topological polar surface area (TPSA) is 65.7 Å². The summed E-state index contributed by atoms with van der Waals surface area (Å²) in [7, 11) is 2.50.